The second kappa shape index (κ2) is 6.05. The SMILES string of the molecule is O=C1CCC(N(c2ccc(-c3ccccn3)s2)S(=O)O)C1. The zero-order chi connectivity index (χ0) is 14.8. The van der Waals surface area contributed by atoms with Crippen LogP contribution in [0.25, 0.3) is 10.6 Å². The molecule has 2 aromatic heterocycles. The molecule has 0 bridgehead atoms. The third-order valence-electron chi connectivity index (χ3n) is 3.45. The van der Waals surface area contributed by atoms with Gasteiger partial charge in [0.25, 0.3) is 11.3 Å². The molecule has 0 saturated heterocycles. The van der Waals surface area contributed by atoms with Crippen molar-refractivity contribution in [2.45, 2.75) is 25.3 Å². The van der Waals surface area contributed by atoms with E-state index >= 15 is 0 Å². The zero-order valence-electron chi connectivity index (χ0n) is 11.1. The number of pyridine rings is 1. The average molecular weight is 322 g/mol. The van der Waals surface area contributed by atoms with Crippen LogP contribution in [0.2, 0.25) is 0 Å². The first-order valence-corrected chi connectivity index (χ1v) is 8.46. The fourth-order valence-electron chi connectivity index (χ4n) is 2.47. The van der Waals surface area contributed by atoms with E-state index in [1.807, 2.05) is 30.3 Å². The Kier molecular flexibility index (Phi) is 4.14. The van der Waals surface area contributed by atoms with Crippen LogP contribution >= 0.6 is 11.3 Å². The van der Waals surface area contributed by atoms with Gasteiger partial charge in [-0.1, -0.05) is 6.07 Å². The van der Waals surface area contributed by atoms with Gasteiger partial charge in [0.1, 0.15) is 10.8 Å². The number of thiophene rings is 1. The van der Waals surface area contributed by atoms with Crippen molar-refractivity contribution in [3.63, 3.8) is 0 Å². The van der Waals surface area contributed by atoms with Gasteiger partial charge in [-0.3, -0.25) is 18.6 Å². The summed E-state index contributed by atoms with van der Waals surface area (Å²) in [5.41, 5.74) is 0.833. The zero-order valence-corrected chi connectivity index (χ0v) is 12.8. The van der Waals surface area contributed by atoms with Crippen molar-refractivity contribution in [1.29, 1.82) is 0 Å². The van der Waals surface area contributed by atoms with Gasteiger partial charge in [0.2, 0.25) is 0 Å². The Morgan fingerprint density at radius 3 is 2.81 bits per heavy atom. The second-order valence-electron chi connectivity index (χ2n) is 4.84. The van der Waals surface area contributed by atoms with E-state index in [-0.39, 0.29) is 11.8 Å². The molecule has 0 aromatic carbocycles. The molecule has 5 nitrogen and oxygen atoms in total. The van der Waals surface area contributed by atoms with Gasteiger partial charge < -0.3 is 0 Å². The molecule has 21 heavy (non-hydrogen) atoms. The molecule has 1 fully saturated rings. The normalized spacial score (nSPS) is 19.7. The van der Waals surface area contributed by atoms with Crippen molar-refractivity contribution in [2.24, 2.45) is 0 Å². The lowest BCUT2D eigenvalue weighted by Gasteiger charge is -2.24. The Balaban J connectivity index is 1.89. The van der Waals surface area contributed by atoms with Crippen LogP contribution in [-0.2, 0) is 16.1 Å². The summed E-state index contributed by atoms with van der Waals surface area (Å²) < 4.78 is 22.7. The number of ketones is 1. The van der Waals surface area contributed by atoms with Gasteiger partial charge in [0.15, 0.2) is 0 Å². The lowest BCUT2D eigenvalue weighted by Crippen LogP contribution is -2.34. The van der Waals surface area contributed by atoms with Crippen molar-refractivity contribution >= 4 is 33.4 Å². The lowest BCUT2D eigenvalue weighted by molar-refractivity contribution is -0.117. The smallest absolute Gasteiger partial charge is 0.262 e. The molecule has 3 rings (SSSR count). The van der Waals surface area contributed by atoms with E-state index in [0.29, 0.717) is 24.3 Å². The van der Waals surface area contributed by atoms with Crippen LogP contribution in [0.3, 0.4) is 0 Å². The molecule has 0 aliphatic heterocycles. The number of hydrogen-bond donors (Lipinski definition) is 1. The maximum Gasteiger partial charge on any atom is 0.262 e. The molecule has 110 valence electrons. The highest BCUT2D eigenvalue weighted by Crippen LogP contribution is 2.36. The molecule has 0 spiro atoms. The number of hydrogen-bond acceptors (Lipinski definition) is 4. The first kappa shape index (κ1) is 14.4. The number of carbonyl (C=O) groups excluding carboxylic acids is 1. The Bertz CT molecular complexity index is 672. The number of rotatable bonds is 4. The first-order valence-electron chi connectivity index (χ1n) is 6.58. The predicted octanol–water partition coefficient (Wildman–Crippen LogP) is 2.87. The van der Waals surface area contributed by atoms with Gasteiger partial charge in [-0.05, 0) is 30.7 Å². The van der Waals surface area contributed by atoms with E-state index in [9.17, 15) is 13.6 Å². The largest absolute Gasteiger partial charge is 0.300 e. The predicted molar refractivity (Wildman–Crippen MR) is 83.4 cm³/mol. The summed E-state index contributed by atoms with van der Waals surface area (Å²) in [4.78, 5) is 16.6. The van der Waals surface area contributed by atoms with E-state index < -0.39 is 11.3 Å². The van der Waals surface area contributed by atoms with E-state index in [0.717, 1.165) is 10.6 Å². The van der Waals surface area contributed by atoms with Gasteiger partial charge in [0.05, 0.1) is 16.6 Å². The van der Waals surface area contributed by atoms with Crippen LogP contribution < -0.4 is 4.31 Å². The number of anilines is 1. The monoisotopic (exact) mass is 322 g/mol. The Hall–Kier alpha value is -1.57. The summed E-state index contributed by atoms with van der Waals surface area (Å²) in [7, 11) is 0. The van der Waals surface area contributed by atoms with Gasteiger partial charge >= 0.3 is 0 Å². The van der Waals surface area contributed by atoms with Gasteiger partial charge in [-0.15, -0.1) is 11.3 Å². The highest BCUT2D eigenvalue weighted by Gasteiger charge is 2.32. The van der Waals surface area contributed by atoms with Crippen LogP contribution in [0.4, 0.5) is 5.00 Å². The van der Waals surface area contributed by atoms with E-state index in [1.165, 1.54) is 15.6 Å². The van der Waals surface area contributed by atoms with Gasteiger partial charge in [0, 0.05) is 19.0 Å². The van der Waals surface area contributed by atoms with Crippen LogP contribution in [-0.4, -0.2) is 25.6 Å². The molecule has 1 aliphatic carbocycles. The highest BCUT2D eigenvalue weighted by molar-refractivity contribution is 7.81. The number of aromatic nitrogens is 1. The standard InChI is InChI=1S/C14H14N2O3S2/c17-11-5-4-10(9-11)16(21(18)19)14-7-6-13(20-14)12-3-1-2-8-15-12/h1-3,6-8,10H,4-5,9H2,(H,18,19). The summed E-state index contributed by atoms with van der Waals surface area (Å²) in [6.45, 7) is 0. The maximum atomic E-state index is 11.7. The number of nitrogens with zero attached hydrogens (tertiary/aromatic N) is 2. The van der Waals surface area contributed by atoms with Crippen LogP contribution in [0.15, 0.2) is 36.5 Å². The summed E-state index contributed by atoms with van der Waals surface area (Å²) in [5, 5.41) is 0.691. The molecular weight excluding hydrogens is 308 g/mol. The first-order chi connectivity index (χ1) is 10.1. The minimum atomic E-state index is -2.13. The minimum Gasteiger partial charge on any atom is -0.300 e. The fourth-order valence-corrected chi connectivity index (χ4v) is 4.39. The van der Waals surface area contributed by atoms with Gasteiger partial charge in [-0.2, -0.15) is 0 Å². The van der Waals surface area contributed by atoms with Crippen LogP contribution in [0, 0.1) is 0 Å². The van der Waals surface area contributed by atoms with Crippen LogP contribution in [0.5, 0.6) is 0 Å². The Labute approximate surface area is 129 Å². The Morgan fingerprint density at radius 1 is 1.33 bits per heavy atom. The molecule has 2 aromatic rings. The molecule has 2 atom stereocenters. The second-order valence-corrected chi connectivity index (χ2v) is 6.76. The molecule has 0 radical (unpaired) electrons. The van der Waals surface area contributed by atoms with Crippen molar-refractivity contribution < 1.29 is 13.6 Å². The minimum absolute atomic E-state index is 0.150. The third-order valence-corrected chi connectivity index (χ3v) is 5.50. The van der Waals surface area contributed by atoms with E-state index in [1.54, 1.807) is 6.20 Å². The molecule has 2 unspecified atom stereocenters. The van der Waals surface area contributed by atoms with Crippen molar-refractivity contribution in [1.82, 2.24) is 4.98 Å². The molecule has 0 amide bonds. The third kappa shape index (κ3) is 3.04. The number of carbonyl (C=O) groups is 1. The summed E-state index contributed by atoms with van der Waals surface area (Å²) >= 11 is -0.721. The molecule has 1 N–H and O–H groups in total. The fraction of sp³-hybridized carbons (Fsp3) is 0.286. The van der Waals surface area contributed by atoms with E-state index in [2.05, 4.69) is 4.98 Å². The quantitative estimate of drug-likeness (QED) is 0.879. The Morgan fingerprint density at radius 2 is 2.19 bits per heavy atom. The average Bonchev–Trinajstić information content (AvgIpc) is 3.10. The van der Waals surface area contributed by atoms with Crippen molar-refractivity contribution in [2.75, 3.05) is 4.31 Å². The molecule has 2 heterocycles. The topological polar surface area (TPSA) is 70.5 Å². The molecule has 1 saturated carbocycles. The maximum absolute atomic E-state index is 11.7. The molecule has 7 heteroatoms. The lowest BCUT2D eigenvalue weighted by atomic mass is 10.2. The summed E-state index contributed by atoms with van der Waals surface area (Å²) in [5.74, 6) is 0.150. The van der Waals surface area contributed by atoms with Crippen molar-refractivity contribution in [3.8, 4) is 10.6 Å². The molecule has 1 aliphatic rings. The summed E-state index contributed by atoms with van der Waals surface area (Å²) in [6, 6.07) is 9.15. The number of Topliss-reactive ketones (excluding diaryl/α,β-unsaturated/α-hetero) is 1. The molecular formula is C14H14N2O3S2. The van der Waals surface area contributed by atoms with E-state index in [4.69, 9.17) is 0 Å². The van der Waals surface area contributed by atoms with Gasteiger partial charge in [-0.25, -0.2) is 4.21 Å². The van der Waals surface area contributed by atoms with Crippen molar-refractivity contribution in [3.05, 3.63) is 36.5 Å². The van der Waals surface area contributed by atoms with Crippen LogP contribution in [0.1, 0.15) is 19.3 Å². The summed E-state index contributed by atoms with van der Waals surface area (Å²) in [6.07, 6.45) is 3.16. The highest BCUT2D eigenvalue weighted by atomic mass is 32.2.